The number of hydrogen-bond acceptors (Lipinski definition) is 3. The molecule has 2 rings (SSSR count). The Morgan fingerprint density at radius 1 is 1.50 bits per heavy atom. The highest BCUT2D eigenvalue weighted by atomic mass is 35.5. The van der Waals surface area contributed by atoms with Crippen molar-refractivity contribution in [2.24, 2.45) is 0 Å². The molecule has 2 atom stereocenters. The zero-order chi connectivity index (χ0) is 16.1. The largest absolute Gasteiger partial charge is 0.481 e. The third-order valence-electron chi connectivity index (χ3n) is 3.50. The van der Waals surface area contributed by atoms with E-state index in [2.05, 4.69) is 5.32 Å². The molecule has 0 unspecified atom stereocenters. The number of hydrogen-bond donors (Lipinski definition) is 2. The Morgan fingerprint density at radius 3 is 2.86 bits per heavy atom. The van der Waals surface area contributed by atoms with Gasteiger partial charge in [0, 0.05) is 6.61 Å². The van der Waals surface area contributed by atoms with Crippen molar-refractivity contribution >= 4 is 23.5 Å². The lowest BCUT2D eigenvalue weighted by Gasteiger charge is -2.19. The van der Waals surface area contributed by atoms with Gasteiger partial charge in [0.2, 0.25) is 5.91 Å². The van der Waals surface area contributed by atoms with E-state index in [4.69, 9.17) is 21.4 Å². The molecule has 0 bridgehead atoms. The van der Waals surface area contributed by atoms with Crippen LogP contribution in [0.4, 0.5) is 4.39 Å². The molecule has 1 saturated heterocycles. The van der Waals surface area contributed by atoms with Gasteiger partial charge in [0.05, 0.1) is 30.0 Å². The maximum absolute atomic E-state index is 13.5. The van der Waals surface area contributed by atoms with Crippen LogP contribution in [-0.4, -0.2) is 29.7 Å². The second kappa shape index (κ2) is 7.56. The third kappa shape index (κ3) is 4.68. The van der Waals surface area contributed by atoms with Gasteiger partial charge in [0.1, 0.15) is 5.82 Å². The van der Waals surface area contributed by atoms with E-state index in [0.29, 0.717) is 12.2 Å². The standard InChI is InChI=1S/C15H17ClFNO4/c16-11-4-3-9(6-12(11)17)13(8-15(20)21)18-14(19)7-10-2-1-5-22-10/h3-4,6,10,13H,1-2,5,7-8H2,(H,18,19)(H,20,21)/t10-,13-/m0/s1. The molecule has 7 heteroatoms. The van der Waals surface area contributed by atoms with Gasteiger partial charge in [-0.25, -0.2) is 4.39 Å². The number of carbonyl (C=O) groups is 2. The van der Waals surface area contributed by atoms with Gasteiger partial charge in [-0.3, -0.25) is 9.59 Å². The lowest BCUT2D eigenvalue weighted by Crippen LogP contribution is -2.32. The van der Waals surface area contributed by atoms with E-state index in [1.807, 2.05) is 0 Å². The Hall–Kier alpha value is -1.66. The molecule has 1 aromatic rings. The number of ether oxygens (including phenoxy) is 1. The minimum Gasteiger partial charge on any atom is -0.481 e. The van der Waals surface area contributed by atoms with E-state index >= 15 is 0 Å². The number of amides is 1. The molecular weight excluding hydrogens is 313 g/mol. The summed E-state index contributed by atoms with van der Waals surface area (Å²) in [6.07, 6.45) is 1.43. The summed E-state index contributed by atoms with van der Waals surface area (Å²) in [6, 6.07) is 3.18. The fourth-order valence-corrected chi connectivity index (χ4v) is 2.54. The predicted molar refractivity (Wildman–Crippen MR) is 78.1 cm³/mol. The summed E-state index contributed by atoms with van der Waals surface area (Å²) in [4.78, 5) is 23.0. The molecule has 0 saturated carbocycles. The Bertz CT molecular complexity index is 560. The lowest BCUT2D eigenvalue weighted by atomic mass is 10.0. The van der Waals surface area contributed by atoms with Gasteiger partial charge in [-0.05, 0) is 30.5 Å². The second-order valence-corrected chi connectivity index (χ2v) is 5.64. The number of nitrogens with one attached hydrogen (secondary N) is 1. The number of carboxylic acids is 1. The van der Waals surface area contributed by atoms with E-state index in [9.17, 15) is 14.0 Å². The average molecular weight is 330 g/mol. The first-order valence-electron chi connectivity index (χ1n) is 7.03. The van der Waals surface area contributed by atoms with Gasteiger partial charge in [0.15, 0.2) is 0 Å². The summed E-state index contributed by atoms with van der Waals surface area (Å²) in [7, 11) is 0. The Balaban J connectivity index is 2.06. The highest BCUT2D eigenvalue weighted by Crippen LogP contribution is 2.23. The van der Waals surface area contributed by atoms with Crippen molar-refractivity contribution in [2.45, 2.75) is 37.8 Å². The minimum atomic E-state index is -1.09. The van der Waals surface area contributed by atoms with Crippen LogP contribution in [0.5, 0.6) is 0 Å². The molecule has 1 aromatic carbocycles. The Kier molecular flexibility index (Phi) is 5.74. The van der Waals surface area contributed by atoms with Crippen LogP contribution in [0.2, 0.25) is 5.02 Å². The monoisotopic (exact) mass is 329 g/mol. The molecule has 1 fully saturated rings. The zero-order valence-electron chi connectivity index (χ0n) is 11.9. The Labute approximate surface area is 132 Å². The van der Waals surface area contributed by atoms with Crippen molar-refractivity contribution in [1.29, 1.82) is 0 Å². The summed E-state index contributed by atoms with van der Waals surface area (Å²) >= 11 is 5.61. The fraction of sp³-hybridized carbons (Fsp3) is 0.467. The summed E-state index contributed by atoms with van der Waals surface area (Å²) in [5, 5.41) is 11.5. The van der Waals surface area contributed by atoms with Crippen LogP contribution in [0.25, 0.3) is 0 Å². The topological polar surface area (TPSA) is 75.6 Å². The van der Waals surface area contributed by atoms with Gasteiger partial charge in [-0.15, -0.1) is 0 Å². The molecular formula is C15H17ClFNO4. The molecule has 1 heterocycles. The number of benzene rings is 1. The van der Waals surface area contributed by atoms with E-state index in [-0.39, 0.29) is 29.9 Å². The van der Waals surface area contributed by atoms with Crippen LogP contribution in [0.1, 0.15) is 37.3 Å². The molecule has 0 aliphatic carbocycles. The van der Waals surface area contributed by atoms with Gasteiger partial charge < -0.3 is 15.2 Å². The van der Waals surface area contributed by atoms with E-state index < -0.39 is 17.8 Å². The average Bonchev–Trinajstić information content (AvgIpc) is 2.93. The summed E-state index contributed by atoms with van der Waals surface area (Å²) in [6.45, 7) is 0.638. The van der Waals surface area contributed by atoms with Gasteiger partial charge in [-0.1, -0.05) is 17.7 Å². The van der Waals surface area contributed by atoms with Gasteiger partial charge >= 0.3 is 5.97 Å². The van der Waals surface area contributed by atoms with Crippen molar-refractivity contribution < 1.29 is 23.8 Å². The van der Waals surface area contributed by atoms with Gasteiger partial charge in [-0.2, -0.15) is 0 Å². The number of carbonyl (C=O) groups excluding carboxylic acids is 1. The molecule has 0 spiro atoms. The number of halogens is 2. The normalized spacial score (nSPS) is 18.9. The van der Waals surface area contributed by atoms with Crippen LogP contribution in [-0.2, 0) is 14.3 Å². The Morgan fingerprint density at radius 2 is 2.27 bits per heavy atom. The SMILES string of the molecule is O=C(O)C[C@H](NC(=O)C[C@@H]1CCCO1)c1ccc(Cl)c(F)c1. The van der Waals surface area contributed by atoms with Crippen molar-refractivity contribution in [1.82, 2.24) is 5.32 Å². The molecule has 22 heavy (non-hydrogen) atoms. The molecule has 2 N–H and O–H groups in total. The highest BCUT2D eigenvalue weighted by molar-refractivity contribution is 6.30. The zero-order valence-corrected chi connectivity index (χ0v) is 12.6. The van der Waals surface area contributed by atoms with Crippen LogP contribution >= 0.6 is 11.6 Å². The van der Waals surface area contributed by atoms with Crippen LogP contribution in [0.3, 0.4) is 0 Å². The van der Waals surface area contributed by atoms with Crippen molar-refractivity contribution in [2.75, 3.05) is 6.61 Å². The second-order valence-electron chi connectivity index (χ2n) is 5.23. The molecule has 1 amide bonds. The van der Waals surface area contributed by atoms with Crippen molar-refractivity contribution in [3.63, 3.8) is 0 Å². The molecule has 120 valence electrons. The third-order valence-corrected chi connectivity index (χ3v) is 3.80. The van der Waals surface area contributed by atoms with Crippen molar-refractivity contribution in [3.8, 4) is 0 Å². The molecule has 1 aliphatic heterocycles. The summed E-state index contributed by atoms with van der Waals surface area (Å²) < 4.78 is 18.9. The van der Waals surface area contributed by atoms with Crippen LogP contribution in [0, 0.1) is 5.82 Å². The first-order valence-corrected chi connectivity index (χ1v) is 7.41. The maximum atomic E-state index is 13.5. The minimum absolute atomic E-state index is 0.0523. The van der Waals surface area contributed by atoms with Crippen molar-refractivity contribution in [3.05, 3.63) is 34.6 Å². The first-order chi connectivity index (χ1) is 10.5. The molecule has 5 nitrogen and oxygen atoms in total. The molecule has 0 radical (unpaired) electrons. The predicted octanol–water partition coefficient (Wildman–Crippen LogP) is 2.68. The quantitative estimate of drug-likeness (QED) is 0.841. The number of rotatable bonds is 6. The van der Waals surface area contributed by atoms with Crippen LogP contribution in [0.15, 0.2) is 18.2 Å². The highest BCUT2D eigenvalue weighted by Gasteiger charge is 2.23. The van der Waals surface area contributed by atoms with Crippen LogP contribution < -0.4 is 5.32 Å². The summed E-state index contributed by atoms with van der Waals surface area (Å²) in [5.41, 5.74) is 0.366. The number of aliphatic carboxylic acids is 1. The molecule has 1 aliphatic rings. The van der Waals surface area contributed by atoms with E-state index in [1.165, 1.54) is 12.1 Å². The smallest absolute Gasteiger partial charge is 0.305 e. The van der Waals surface area contributed by atoms with E-state index in [0.717, 1.165) is 18.9 Å². The first kappa shape index (κ1) is 16.7. The molecule has 0 aromatic heterocycles. The fourth-order valence-electron chi connectivity index (χ4n) is 2.42. The summed E-state index contributed by atoms with van der Waals surface area (Å²) in [5.74, 6) is -2.05. The number of carboxylic acid groups (broad SMARTS) is 1. The van der Waals surface area contributed by atoms with Gasteiger partial charge in [0.25, 0.3) is 0 Å². The lowest BCUT2D eigenvalue weighted by molar-refractivity contribution is -0.137. The van der Waals surface area contributed by atoms with E-state index in [1.54, 1.807) is 0 Å². The maximum Gasteiger partial charge on any atom is 0.305 e.